The second-order valence-corrected chi connectivity index (χ2v) is 5.50. The van der Waals surface area contributed by atoms with Gasteiger partial charge in [-0.05, 0) is 26.0 Å². The van der Waals surface area contributed by atoms with Gasteiger partial charge < -0.3 is 4.90 Å². The molecule has 0 radical (unpaired) electrons. The maximum atomic E-state index is 12.6. The number of halogens is 3. The molecule has 0 aliphatic rings. The quantitative estimate of drug-likeness (QED) is 0.851. The molecule has 3 nitrogen and oxygen atoms in total. The summed E-state index contributed by atoms with van der Waals surface area (Å²) in [5.41, 5.74) is -5.20. The van der Waals surface area contributed by atoms with Gasteiger partial charge in [-0.3, -0.25) is 0 Å². The summed E-state index contributed by atoms with van der Waals surface area (Å²) in [5, 5.41) is 0. The molecule has 7 heteroatoms. The van der Waals surface area contributed by atoms with E-state index in [1.807, 2.05) is 0 Å². The lowest BCUT2D eigenvalue weighted by molar-refractivity contribution is -0.0435. The number of benzene rings is 1. The van der Waals surface area contributed by atoms with Crippen LogP contribution in [-0.2, 0) is 9.84 Å². The molecule has 0 saturated carbocycles. The van der Waals surface area contributed by atoms with Crippen molar-refractivity contribution in [1.29, 1.82) is 0 Å². The summed E-state index contributed by atoms with van der Waals surface area (Å²) in [7, 11) is -5.31. The van der Waals surface area contributed by atoms with Crippen LogP contribution >= 0.6 is 0 Å². The standard InChI is InChI=1S/C11H14F3NO2S/c1-3-15(4-2)9-7-5-6-8-10(9)18(16,17)11(12,13)14/h5-8H,3-4H2,1-2H3. The summed E-state index contributed by atoms with van der Waals surface area (Å²) in [6.45, 7) is 4.36. The molecule has 0 amide bonds. The van der Waals surface area contributed by atoms with Crippen LogP contribution < -0.4 is 4.90 Å². The molecule has 1 rings (SSSR count). The minimum atomic E-state index is -5.31. The lowest BCUT2D eigenvalue weighted by Crippen LogP contribution is -2.28. The van der Waals surface area contributed by atoms with E-state index in [9.17, 15) is 21.6 Å². The van der Waals surface area contributed by atoms with Crippen LogP contribution in [0.2, 0.25) is 0 Å². The van der Waals surface area contributed by atoms with Crippen molar-refractivity contribution in [2.45, 2.75) is 24.3 Å². The molecule has 0 heterocycles. The minimum absolute atomic E-state index is 0.0832. The molecule has 1 aromatic rings. The number of anilines is 1. The maximum Gasteiger partial charge on any atom is 0.501 e. The Hall–Kier alpha value is -1.24. The Morgan fingerprint density at radius 2 is 1.61 bits per heavy atom. The smallest absolute Gasteiger partial charge is 0.371 e. The van der Waals surface area contributed by atoms with E-state index in [2.05, 4.69) is 0 Å². The van der Waals surface area contributed by atoms with Gasteiger partial charge in [-0.1, -0.05) is 12.1 Å². The second kappa shape index (κ2) is 5.17. The van der Waals surface area contributed by atoms with Crippen molar-refractivity contribution >= 4 is 15.5 Å². The third-order valence-electron chi connectivity index (χ3n) is 2.56. The summed E-state index contributed by atoms with van der Waals surface area (Å²) >= 11 is 0. The van der Waals surface area contributed by atoms with Crippen molar-refractivity contribution < 1.29 is 21.6 Å². The van der Waals surface area contributed by atoms with E-state index in [1.54, 1.807) is 18.7 Å². The van der Waals surface area contributed by atoms with Crippen molar-refractivity contribution in [2.24, 2.45) is 0 Å². The molecular formula is C11H14F3NO2S. The minimum Gasteiger partial charge on any atom is -0.371 e. The first-order chi connectivity index (χ1) is 8.25. The van der Waals surface area contributed by atoms with Crippen LogP contribution in [0.15, 0.2) is 29.2 Å². The molecule has 0 N–H and O–H groups in total. The molecule has 0 bridgehead atoms. The Morgan fingerprint density at radius 3 is 2.06 bits per heavy atom. The van der Waals surface area contributed by atoms with Gasteiger partial charge in [-0.2, -0.15) is 13.2 Å². The van der Waals surface area contributed by atoms with E-state index in [4.69, 9.17) is 0 Å². The largest absolute Gasteiger partial charge is 0.501 e. The average molecular weight is 281 g/mol. The van der Waals surface area contributed by atoms with E-state index in [1.165, 1.54) is 18.2 Å². The van der Waals surface area contributed by atoms with E-state index >= 15 is 0 Å². The molecular weight excluding hydrogens is 267 g/mol. The van der Waals surface area contributed by atoms with E-state index in [0.29, 0.717) is 13.1 Å². The first kappa shape index (κ1) is 14.8. The average Bonchev–Trinajstić information content (AvgIpc) is 2.29. The zero-order valence-corrected chi connectivity index (χ0v) is 10.8. The van der Waals surface area contributed by atoms with E-state index < -0.39 is 20.2 Å². The van der Waals surface area contributed by atoms with Crippen LogP contribution in [0.3, 0.4) is 0 Å². The molecule has 0 aromatic heterocycles. The monoisotopic (exact) mass is 281 g/mol. The van der Waals surface area contributed by atoms with Crippen LogP contribution in [0.5, 0.6) is 0 Å². The second-order valence-electron chi connectivity index (χ2n) is 3.59. The van der Waals surface area contributed by atoms with Crippen molar-refractivity contribution in [3.63, 3.8) is 0 Å². The highest BCUT2D eigenvalue weighted by molar-refractivity contribution is 7.92. The third-order valence-corrected chi connectivity index (χ3v) is 4.10. The van der Waals surface area contributed by atoms with Gasteiger partial charge in [-0.25, -0.2) is 8.42 Å². The SMILES string of the molecule is CCN(CC)c1ccccc1S(=O)(=O)C(F)(F)F. The Bertz CT molecular complexity index is 507. The van der Waals surface area contributed by atoms with Gasteiger partial charge in [0.05, 0.1) is 10.6 Å². The number of nitrogens with zero attached hydrogens (tertiary/aromatic N) is 1. The first-order valence-electron chi connectivity index (χ1n) is 5.41. The fourth-order valence-corrected chi connectivity index (χ4v) is 2.61. The first-order valence-corrected chi connectivity index (χ1v) is 6.89. The summed E-state index contributed by atoms with van der Waals surface area (Å²) in [4.78, 5) is 0.875. The molecule has 0 fully saturated rings. The molecule has 102 valence electrons. The topological polar surface area (TPSA) is 37.4 Å². The molecule has 0 aliphatic heterocycles. The van der Waals surface area contributed by atoms with Crippen LogP contribution in [0, 0.1) is 0 Å². The number of alkyl halides is 3. The van der Waals surface area contributed by atoms with Crippen molar-refractivity contribution in [3.05, 3.63) is 24.3 Å². The Balaban J connectivity index is 3.44. The van der Waals surface area contributed by atoms with Crippen LogP contribution in [-0.4, -0.2) is 27.0 Å². The normalized spacial score (nSPS) is 12.5. The molecule has 0 aliphatic carbocycles. The number of rotatable bonds is 4. The maximum absolute atomic E-state index is 12.6. The highest BCUT2D eigenvalue weighted by Crippen LogP contribution is 2.35. The molecule has 0 atom stereocenters. The van der Waals surface area contributed by atoms with Crippen LogP contribution in [0.4, 0.5) is 18.9 Å². The highest BCUT2D eigenvalue weighted by Gasteiger charge is 2.48. The van der Waals surface area contributed by atoms with Gasteiger partial charge in [-0.15, -0.1) is 0 Å². The van der Waals surface area contributed by atoms with Gasteiger partial charge in [0, 0.05) is 13.1 Å². The Labute approximate surface area is 104 Å². The zero-order chi connectivity index (χ0) is 14.0. The highest BCUT2D eigenvalue weighted by atomic mass is 32.2. The Morgan fingerprint density at radius 1 is 1.11 bits per heavy atom. The van der Waals surface area contributed by atoms with Crippen molar-refractivity contribution in [3.8, 4) is 0 Å². The van der Waals surface area contributed by atoms with Gasteiger partial charge in [0.15, 0.2) is 0 Å². The third kappa shape index (κ3) is 2.60. The summed E-state index contributed by atoms with van der Waals surface area (Å²) in [6.07, 6.45) is 0. The summed E-state index contributed by atoms with van der Waals surface area (Å²) < 4.78 is 60.6. The van der Waals surface area contributed by atoms with E-state index in [-0.39, 0.29) is 5.69 Å². The molecule has 0 unspecified atom stereocenters. The fourth-order valence-electron chi connectivity index (χ4n) is 1.63. The number of hydrogen-bond donors (Lipinski definition) is 0. The van der Waals surface area contributed by atoms with E-state index in [0.717, 1.165) is 6.07 Å². The molecule has 18 heavy (non-hydrogen) atoms. The predicted octanol–water partition coefficient (Wildman–Crippen LogP) is 2.83. The number of sulfone groups is 1. The van der Waals surface area contributed by atoms with Gasteiger partial charge in [0.25, 0.3) is 9.84 Å². The lowest BCUT2D eigenvalue weighted by Gasteiger charge is -2.24. The number of hydrogen-bond acceptors (Lipinski definition) is 3. The molecule has 0 saturated heterocycles. The van der Waals surface area contributed by atoms with Crippen molar-refractivity contribution in [1.82, 2.24) is 0 Å². The summed E-state index contributed by atoms with van der Waals surface area (Å²) in [5.74, 6) is 0. The van der Waals surface area contributed by atoms with Gasteiger partial charge in [0.1, 0.15) is 0 Å². The number of para-hydroxylation sites is 1. The van der Waals surface area contributed by atoms with Gasteiger partial charge in [0.2, 0.25) is 0 Å². The zero-order valence-electron chi connectivity index (χ0n) is 10.0. The fraction of sp³-hybridized carbons (Fsp3) is 0.455. The van der Waals surface area contributed by atoms with Crippen molar-refractivity contribution in [2.75, 3.05) is 18.0 Å². The Kier molecular flexibility index (Phi) is 4.26. The molecule has 1 aromatic carbocycles. The van der Waals surface area contributed by atoms with Crippen LogP contribution in [0.25, 0.3) is 0 Å². The lowest BCUT2D eigenvalue weighted by atomic mass is 10.3. The predicted molar refractivity (Wildman–Crippen MR) is 63.2 cm³/mol. The van der Waals surface area contributed by atoms with Crippen LogP contribution in [0.1, 0.15) is 13.8 Å². The molecule has 0 spiro atoms. The van der Waals surface area contributed by atoms with Gasteiger partial charge >= 0.3 is 5.51 Å². The summed E-state index contributed by atoms with van der Waals surface area (Å²) in [6, 6.07) is 5.16.